The highest BCUT2D eigenvalue weighted by molar-refractivity contribution is 5.50. The molecule has 25 heavy (non-hydrogen) atoms. The Balaban J connectivity index is 1.63. The van der Waals surface area contributed by atoms with Gasteiger partial charge >= 0.3 is 0 Å². The number of nitro benzene ring substituents is 1. The normalized spacial score (nSPS) is 29.4. The summed E-state index contributed by atoms with van der Waals surface area (Å²) in [5, 5.41) is 11.3. The van der Waals surface area contributed by atoms with Crippen molar-refractivity contribution < 1.29 is 14.4 Å². The number of likely N-dealkylation sites (tertiary alicyclic amines) is 1. The van der Waals surface area contributed by atoms with Gasteiger partial charge in [-0.2, -0.15) is 0 Å². The molecule has 1 aliphatic carbocycles. The predicted octanol–water partition coefficient (Wildman–Crippen LogP) is 3.86. The van der Waals surface area contributed by atoms with Crippen molar-refractivity contribution in [2.45, 2.75) is 58.2 Å². The molecule has 0 aromatic heterocycles. The Morgan fingerprint density at radius 1 is 1.28 bits per heavy atom. The van der Waals surface area contributed by atoms with Gasteiger partial charge in [-0.3, -0.25) is 15.0 Å². The van der Waals surface area contributed by atoms with Crippen molar-refractivity contribution in [2.24, 2.45) is 11.8 Å². The highest BCUT2D eigenvalue weighted by Crippen LogP contribution is 2.41. The van der Waals surface area contributed by atoms with E-state index >= 15 is 0 Å². The Bertz CT molecular complexity index is 663. The standard InChI is InChI=1S/C19H26N2O4/c1-13-6-7-20(18-5-3-2-4-17(13)18)10-14-8-16(21(22)23)9-15-11-24-12-25-19(14)15/h8-9,13,17-18H,2-7,10-12H2,1H3/t13-,17+,18-/m1/s1. The summed E-state index contributed by atoms with van der Waals surface area (Å²) in [5.41, 5.74) is 1.86. The van der Waals surface area contributed by atoms with Crippen LogP contribution in [0.1, 0.15) is 50.2 Å². The Hall–Kier alpha value is -1.66. The minimum Gasteiger partial charge on any atom is -0.467 e. The van der Waals surface area contributed by atoms with Crippen LogP contribution in [0.4, 0.5) is 5.69 Å². The van der Waals surface area contributed by atoms with Gasteiger partial charge in [-0.05, 0) is 37.6 Å². The molecule has 6 nitrogen and oxygen atoms in total. The van der Waals surface area contributed by atoms with E-state index in [0.717, 1.165) is 41.8 Å². The third-order valence-electron chi connectivity index (χ3n) is 6.21. The van der Waals surface area contributed by atoms with Crippen molar-refractivity contribution in [3.63, 3.8) is 0 Å². The van der Waals surface area contributed by atoms with E-state index in [-0.39, 0.29) is 17.4 Å². The lowest BCUT2D eigenvalue weighted by molar-refractivity contribution is -0.385. The zero-order valence-electron chi connectivity index (χ0n) is 14.8. The van der Waals surface area contributed by atoms with Gasteiger partial charge in [0.25, 0.3) is 5.69 Å². The largest absolute Gasteiger partial charge is 0.467 e. The molecule has 1 saturated carbocycles. The van der Waals surface area contributed by atoms with Crippen LogP contribution in [0.5, 0.6) is 5.75 Å². The van der Waals surface area contributed by atoms with Crippen LogP contribution in [0.2, 0.25) is 0 Å². The number of benzene rings is 1. The maximum atomic E-state index is 11.3. The van der Waals surface area contributed by atoms with Crippen LogP contribution in [-0.4, -0.2) is 29.2 Å². The average Bonchev–Trinajstić information content (AvgIpc) is 2.64. The summed E-state index contributed by atoms with van der Waals surface area (Å²) >= 11 is 0. The SMILES string of the molecule is C[C@@H]1CCN(Cc2cc([N+](=O)[O-])cc3c2OCOC3)[C@@H]2CCCC[C@@H]12. The maximum Gasteiger partial charge on any atom is 0.270 e. The first-order valence-corrected chi connectivity index (χ1v) is 9.38. The second-order valence-corrected chi connectivity index (χ2v) is 7.71. The average molecular weight is 346 g/mol. The highest BCUT2D eigenvalue weighted by atomic mass is 16.7. The van der Waals surface area contributed by atoms with Gasteiger partial charge < -0.3 is 9.47 Å². The lowest BCUT2D eigenvalue weighted by Gasteiger charge is -2.47. The molecule has 0 amide bonds. The Labute approximate surface area is 148 Å². The van der Waals surface area contributed by atoms with Crippen LogP contribution in [0, 0.1) is 22.0 Å². The van der Waals surface area contributed by atoms with Gasteiger partial charge in [-0.1, -0.05) is 19.8 Å². The molecule has 3 aliphatic rings. The molecule has 2 heterocycles. The van der Waals surface area contributed by atoms with Crippen LogP contribution in [0.25, 0.3) is 0 Å². The van der Waals surface area contributed by atoms with Crippen molar-refractivity contribution in [3.05, 3.63) is 33.4 Å². The van der Waals surface area contributed by atoms with Crippen molar-refractivity contribution in [3.8, 4) is 5.75 Å². The zero-order valence-corrected chi connectivity index (χ0v) is 14.8. The number of fused-ring (bicyclic) bond motifs is 2. The number of non-ortho nitro benzene ring substituents is 1. The second kappa shape index (κ2) is 6.92. The number of nitrogens with zero attached hydrogens (tertiary/aromatic N) is 2. The third kappa shape index (κ3) is 3.25. The Kier molecular flexibility index (Phi) is 4.65. The van der Waals surface area contributed by atoms with Crippen molar-refractivity contribution >= 4 is 5.69 Å². The van der Waals surface area contributed by atoms with Crippen LogP contribution in [-0.2, 0) is 17.9 Å². The molecule has 2 aliphatic heterocycles. The van der Waals surface area contributed by atoms with E-state index in [1.54, 1.807) is 12.1 Å². The van der Waals surface area contributed by atoms with Crippen LogP contribution < -0.4 is 4.74 Å². The number of ether oxygens (including phenoxy) is 2. The van der Waals surface area contributed by atoms with Gasteiger partial charge in [0.2, 0.25) is 0 Å². The number of piperidine rings is 1. The minimum absolute atomic E-state index is 0.133. The maximum absolute atomic E-state index is 11.3. The molecule has 0 unspecified atom stereocenters. The first kappa shape index (κ1) is 16.8. The van der Waals surface area contributed by atoms with Crippen molar-refractivity contribution in [1.29, 1.82) is 0 Å². The molecule has 0 spiro atoms. The number of nitro groups is 1. The molecule has 4 rings (SSSR count). The molecule has 1 aromatic carbocycles. The van der Waals surface area contributed by atoms with Crippen molar-refractivity contribution in [2.75, 3.05) is 13.3 Å². The molecular formula is C19H26N2O4. The number of rotatable bonds is 3. The van der Waals surface area contributed by atoms with Gasteiger partial charge in [0.1, 0.15) is 5.75 Å². The third-order valence-corrected chi connectivity index (χ3v) is 6.21. The van der Waals surface area contributed by atoms with E-state index in [0.29, 0.717) is 12.6 Å². The van der Waals surface area contributed by atoms with Gasteiger partial charge in [0, 0.05) is 35.8 Å². The number of hydrogen-bond acceptors (Lipinski definition) is 5. The summed E-state index contributed by atoms with van der Waals surface area (Å²) in [6, 6.07) is 3.88. The molecule has 1 aromatic rings. The molecule has 0 N–H and O–H groups in total. The molecule has 0 radical (unpaired) electrons. The number of hydrogen-bond donors (Lipinski definition) is 0. The lowest BCUT2D eigenvalue weighted by Crippen LogP contribution is -2.49. The lowest BCUT2D eigenvalue weighted by atomic mass is 9.72. The second-order valence-electron chi connectivity index (χ2n) is 7.71. The highest BCUT2D eigenvalue weighted by Gasteiger charge is 2.37. The predicted molar refractivity (Wildman–Crippen MR) is 93.3 cm³/mol. The summed E-state index contributed by atoms with van der Waals surface area (Å²) in [7, 11) is 0. The smallest absolute Gasteiger partial charge is 0.270 e. The molecular weight excluding hydrogens is 320 g/mol. The van der Waals surface area contributed by atoms with Crippen molar-refractivity contribution in [1.82, 2.24) is 4.90 Å². The van der Waals surface area contributed by atoms with E-state index in [9.17, 15) is 10.1 Å². The van der Waals surface area contributed by atoms with Crippen LogP contribution in [0.3, 0.4) is 0 Å². The topological polar surface area (TPSA) is 64.8 Å². The molecule has 2 fully saturated rings. The van der Waals surface area contributed by atoms with E-state index in [2.05, 4.69) is 11.8 Å². The van der Waals surface area contributed by atoms with E-state index < -0.39 is 0 Å². The summed E-state index contributed by atoms with van der Waals surface area (Å²) < 4.78 is 11.0. The van der Waals surface area contributed by atoms with Gasteiger partial charge in [0.05, 0.1) is 11.5 Å². The minimum atomic E-state index is -0.319. The quantitative estimate of drug-likeness (QED) is 0.614. The van der Waals surface area contributed by atoms with E-state index in [1.165, 1.54) is 32.1 Å². The summed E-state index contributed by atoms with van der Waals surface area (Å²) in [5.74, 6) is 2.34. The Morgan fingerprint density at radius 2 is 2.12 bits per heavy atom. The summed E-state index contributed by atoms with van der Waals surface area (Å²) in [6.45, 7) is 4.79. The molecule has 0 bridgehead atoms. The van der Waals surface area contributed by atoms with E-state index in [4.69, 9.17) is 9.47 Å². The first-order valence-electron chi connectivity index (χ1n) is 9.38. The van der Waals surface area contributed by atoms with Gasteiger partial charge in [0.15, 0.2) is 6.79 Å². The zero-order chi connectivity index (χ0) is 17.4. The fourth-order valence-electron chi connectivity index (χ4n) is 4.93. The first-order chi connectivity index (χ1) is 12.1. The van der Waals surface area contributed by atoms with Gasteiger partial charge in [-0.15, -0.1) is 0 Å². The summed E-state index contributed by atoms with van der Waals surface area (Å²) in [6.07, 6.45) is 6.41. The summed E-state index contributed by atoms with van der Waals surface area (Å²) in [4.78, 5) is 13.5. The molecule has 3 atom stereocenters. The fourth-order valence-corrected chi connectivity index (χ4v) is 4.93. The molecule has 136 valence electrons. The monoisotopic (exact) mass is 346 g/mol. The fraction of sp³-hybridized carbons (Fsp3) is 0.684. The van der Waals surface area contributed by atoms with Crippen LogP contribution in [0.15, 0.2) is 12.1 Å². The van der Waals surface area contributed by atoms with E-state index in [1.807, 2.05) is 0 Å². The Morgan fingerprint density at radius 3 is 2.96 bits per heavy atom. The van der Waals surface area contributed by atoms with Crippen LogP contribution >= 0.6 is 0 Å². The van der Waals surface area contributed by atoms with Gasteiger partial charge in [-0.25, -0.2) is 0 Å². The molecule has 6 heteroatoms. The molecule has 1 saturated heterocycles.